The Morgan fingerprint density at radius 2 is 0.560 bits per heavy atom. The number of hydrogen-bond acceptors (Lipinski definition) is 12. The summed E-state index contributed by atoms with van der Waals surface area (Å²) in [5.74, 6) is -23.4. The summed E-state index contributed by atoms with van der Waals surface area (Å²) in [6.45, 7) is 1.40. The van der Waals surface area contributed by atoms with Gasteiger partial charge >= 0.3 is 83.5 Å². The molecule has 4 aromatic rings. The number of halogens is 24. The van der Waals surface area contributed by atoms with E-state index in [1.54, 1.807) is 36.7 Å². The number of primary amides is 2. The molecule has 2 aromatic carbocycles. The van der Waals surface area contributed by atoms with Gasteiger partial charge in [0, 0.05) is 35.9 Å². The minimum absolute atomic E-state index is 0. The molecule has 4 N–H and O–H groups in total. The molecule has 0 bridgehead atoms. The van der Waals surface area contributed by atoms with Crippen LogP contribution < -0.4 is 31.9 Å². The molecule has 2 heterocycles. The maximum atomic E-state index is 11.3. The van der Waals surface area contributed by atoms with E-state index in [1.165, 1.54) is 0 Å². The molecule has 0 aliphatic carbocycles. The van der Waals surface area contributed by atoms with E-state index in [0.717, 1.165) is 11.1 Å². The van der Waals surface area contributed by atoms with Crippen LogP contribution in [0.25, 0.3) is 0 Å². The molecule has 0 fully saturated rings. The number of ketones is 4. The Kier molecular flexibility index (Phi) is 33.3. The number of hydrogen-bond donors (Lipinski definition) is 2. The van der Waals surface area contributed by atoms with Crippen molar-refractivity contribution in [2.24, 2.45) is 11.5 Å². The zero-order chi connectivity index (χ0) is 64.8. The van der Waals surface area contributed by atoms with Crippen molar-refractivity contribution in [2.45, 2.75) is 62.5 Å². The number of nitrogens with zero attached hydrogens (tertiary/aromatic N) is 4. The van der Waals surface area contributed by atoms with Crippen molar-refractivity contribution >= 4 is 34.9 Å². The number of nitrogens with two attached hydrogens (primary N) is 2. The van der Waals surface area contributed by atoms with Gasteiger partial charge in [-0.15, -0.1) is 0 Å². The standard InChI is InChI=1S/2C11H11N3O.4C5H2F6O2.2Cu/c2*12-11(15)10-4-2-9(3-5-10)8-14-7-1-6-13-14;4*6-4(7,8)2(12)1-3(13)5(9,10)11;;/h2*1-7H,8H2,(H2,12,15);4*1,12H;;/q;;;;;;2*+2/p-4/b;;4*2-1-;;. The van der Waals surface area contributed by atoms with Crippen LogP contribution in [0.3, 0.4) is 0 Å². The van der Waals surface area contributed by atoms with E-state index < -0.39 is 132 Å². The van der Waals surface area contributed by atoms with Gasteiger partial charge in [0.15, 0.2) is 0 Å². The fraction of sp³-hybridized carbons (Fsp3) is 0.238. The van der Waals surface area contributed by atoms with Crippen molar-refractivity contribution in [1.82, 2.24) is 19.6 Å². The molecule has 2 amide bonds. The monoisotopic (exact) mass is 1360 g/mol. The smallest absolute Gasteiger partial charge is 0.869 e. The Bertz CT molecular complexity index is 2550. The van der Waals surface area contributed by atoms with Crippen LogP contribution in [0.15, 0.2) is 133 Å². The van der Waals surface area contributed by atoms with Gasteiger partial charge in [-0.25, -0.2) is 0 Å². The number of alkyl halides is 24. The Morgan fingerprint density at radius 3 is 0.690 bits per heavy atom. The van der Waals surface area contributed by atoms with Crippen LogP contribution in [-0.4, -0.2) is 104 Å². The molecule has 0 atom stereocenters. The second-order valence-corrected chi connectivity index (χ2v) is 14.0. The third-order valence-corrected chi connectivity index (χ3v) is 7.57. The fourth-order valence-electron chi connectivity index (χ4n) is 3.84. The minimum Gasteiger partial charge on any atom is -0.869 e. The van der Waals surface area contributed by atoms with Crippen molar-refractivity contribution in [3.05, 3.63) is 155 Å². The quantitative estimate of drug-likeness (QED) is 0.0831. The average Bonchev–Trinajstić information content (AvgIpc) is 4.03. The predicted octanol–water partition coefficient (Wildman–Crippen LogP) is 5.75. The molecule has 0 unspecified atom stereocenters. The topological polar surface area (TPSA) is 282 Å². The Hall–Kier alpha value is -8.00. The van der Waals surface area contributed by atoms with E-state index in [0.29, 0.717) is 24.2 Å². The van der Waals surface area contributed by atoms with Crippen LogP contribution in [0.1, 0.15) is 31.8 Å². The first-order valence-corrected chi connectivity index (χ1v) is 19.7. The Morgan fingerprint density at radius 1 is 0.369 bits per heavy atom. The average molecular weight is 1360 g/mol. The largest absolute Gasteiger partial charge is 2.00 e. The molecule has 84 heavy (non-hydrogen) atoms. The third kappa shape index (κ3) is 35.1. The van der Waals surface area contributed by atoms with Crippen LogP contribution in [0.5, 0.6) is 0 Å². The number of carbonyl (C=O) groups excluding carboxylic acids is 6. The van der Waals surface area contributed by atoms with Gasteiger partial charge in [0.25, 0.3) is 23.1 Å². The molecule has 0 aliphatic heterocycles. The summed E-state index contributed by atoms with van der Waals surface area (Å²) in [7, 11) is 0. The first-order chi connectivity index (χ1) is 36.7. The summed E-state index contributed by atoms with van der Waals surface area (Å²) >= 11 is 0. The summed E-state index contributed by atoms with van der Waals surface area (Å²) in [5, 5.41) is 47.5. The summed E-state index contributed by atoms with van der Waals surface area (Å²) in [4.78, 5) is 60.9. The molecule has 0 saturated heterocycles. The SMILES string of the molecule is NC(=O)c1ccc(Cn2cccn2)cc1.NC(=O)c1ccc(Cn2cccn2)cc1.O=C(/C=C(\[O-])C(F)(F)F)C(F)(F)F.O=C(/C=C(\[O-])C(F)(F)F)C(F)(F)F.O=C(/C=C(\[O-])C(F)(F)F)C(F)(F)F.O=C(/C=C(\[O-])C(F)(F)F)C(F)(F)F.[Cu+2].[Cu+2]. The van der Waals surface area contributed by atoms with E-state index in [4.69, 9.17) is 11.5 Å². The second-order valence-electron chi connectivity index (χ2n) is 14.0. The van der Waals surface area contributed by atoms with Crippen LogP contribution in [0, 0.1) is 0 Å². The van der Waals surface area contributed by atoms with Gasteiger partial charge in [-0.3, -0.25) is 38.1 Å². The first kappa shape index (κ1) is 82.5. The maximum absolute atomic E-state index is 11.3. The zero-order valence-corrected chi connectivity index (χ0v) is 41.4. The normalized spacial score (nSPS) is 12.6. The number of rotatable bonds is 10. The molecule has 0 spiro atoms. The zero-order valence-electron chi connectivity index (χ0n) is 39.5. The van der Waals surface area contributed by atoms with Crippen molar-refractivity contribution in [3.63, 3.8) is 0 Å². The Labute approximate surface area is 471 Å². The van der Waals surface area contributed by atoms with Crippen LogP contribution in [-0.2, 0) is 66.4 Å². The van der Waals surface area contributed by atoms with Gasteiger partial charge in [0.2, 0.25) is 11.8 Å². The van der Waals surface area contributed by atoms with E-state index in [-0.39, 0.29) is 34.1 Å². The summed E-state index contributed by atoms with van der Waals surface area (Å²) in [6.07, 6.45) is -40.5. The molecule has 4 rings (SSSR count). The van der Waals surface area contributed by atoms with Gasteiger partial charge in [-0.05, 0) is 94.9 Å². The van der Waals surface area contributed by atoms with E-state index >= 15 is 0 Å². The fourth-order valence-corrected chi connectivity index (χ4v) is 3.84. The number of allylic oxidation sites excluding steroid dienone is 8. The van der Waals surface area contributed by atoms with Crippen molar-refractivity contribution in [3.8, 4) is 0 Å². The second kappa shape index (κ2) is 33.9. The van der Waals surface area contributed by atoms with E-state index in [1.807, 2.05) is 58.2 Å². The molecule has 0 aliphatic rings. The first-order valence-electron chi connectivity index (χ1n) is 19.7. The van der Waals surface area contributed by atoms with Crippen LogP contribution >= 0.6 is 0 Å². The predicted molar refractivity (Wildman–Crippen MR) is 213 cm³/mol. The molecule has 16 nitrogen and oxygen atoms in total. The van der Waals surface area contributed by atoms with Gasteiger partial charge in [0.1, 0.15) is 0 Å². The summed E-state index contributed by atoms with van der Waals surface area (Å²) < 4.78 is 275. The molecule has 42 heteroatoms. The number of aromatic nitrogens is 4. The van der Waals surface area contributed by atoms with E-state index in [2.05, 4.69) is 10.2 Å². The molecule has 0 saturated carbocycles. The van der Waals surface area contributed by atoms with Gasteiger partial charge in [-0.1, -0.05) is 24.3 Å². The van der Waals surface area contributed by atoms with Gasteiger partial charge in [-0.2, -0.15) is 116 Å². The number of carbonyl (C=O) groups is 6. The van der Waals surface area contributed by atoms with E-state index in [9.17, 15) is 155 Å². The van der Waals surface area contributed by atoms with Crippen molar-refractivity contribution < 1.29 is 189 Å². The maximum Gasteiger partial charge on any atom is 2.00 e. The molecular formula is C42H26Cu2F24N6O10. The molecular weight excluding hydrogens is 1330 g/mol. The molecule has 474 valence electrons. The Balaban J connectivity index is -0.000000456. The van der Waals surface area contributed by atoms with Crippen molar-refractivity contribution in [2.75, 3.05) is 0 Å². The summed E-state index contributed by atoms with van der Waals surface area (Å²) in [6, 6.07) is 18.1. The summed E-state index contributed by atoms with van der Waals surface area (Å²) in [5.41, 5.74) is 13.5. The molecule has 2 radical (unpaired) electrons. The third-order valence-electron chi connectivity index (χ3n) is 7.57. The van der Waals surface area contributed by atoms with Crippen molar-refractivity contribution in [1.29, 1.82) is 0 Å². The number of amides is 2. The van der Waals surface area contributed by atoms with Crippen LogP contribution in [0.4, 0.5) is 105 Å². The minimum atomic E-state index is -5.46. The number of benzene rings is 2. The van der Waals surface area contributed by atoms with Gasteiger partial charge in [0.05, 0.1) is 13.1 Å². The van der Waals surface area contributed by atoms with Crippen LogP contribution in [0.2, 0.25) is 0 Å². The van der Waals surface area contributed by atoms with Gasteiger partial charge < -0.3 is 31.9 Å². The molecule has 2 aromatic heterocycles.